The van der Waals surface area contributed by atoms with Gasteiger partial charge in [0.05, 0.1) is 6.20 Å². The molecule has 0 saturated carbocycles. The summed E-state index contributed by atoms with van der Waals surface area (Å²) in [6.07, 6.45) is 5.41. The molecule has 94 valence electrons. The van der Waals surface area contributed by atoms with E-state index in [-0.39, 0.29) is 0 Å². The van der Waals surface area contributed by atoms with Crippen molar-refractivity contribution < 1.29 is 0 Å². The third-order valence-corrected chi connectivity index (χ3v) is 3.72. The molecule has 1 aliphatic heterocycles. The lowest BCUT2D eigenvalue weighted by Gasteiger charge is -2.15. The van der Waals surface area contributed by atoms with Crippen molar-refractivity contribution in [1.82, 2.24) is 14.7 Å². The molecule has 0 aliphatic carbocycles. The van der Waals surface area contributed by atoms with Gasteiger partial charge in [-0.2, -0.15) is 5.10 Å². The number of hydrogen-bond acceptors (Lipinski definition) is 2. The Labute approximate surface area is 108 Å². The lowest BCUT2D eigenvalue weighted by molar-refractivity contribution is 0.327. The first-order valence-electron chi connectivity index (χ1n) is 6.56. The van der Waals surface area contributed by atoms with Crippen molar-refractivity contribution >= 4 is 0 Å². The van der Waals surface area contributed by atoms with Crippen LogP contribution in [0.4, 0.5) is 0 Å². The molecule has 0 N–H and O–H groups in total. The molecule has 1 aliphatic rings. The lowest BCUT2D eigenvalue weighted by atomic mass is 10.0. The van der Waals surface area contributed by atoms with Gasteiger partial charge < -0.3 is 0 Å². The Morgan fingerprint density at radius 1 is 1.28 bits per heavy atom. The molecule has 0 amide bonds. The van der Waals surface area contributed by atoms with Crippen molar-refractivity contribution in [2.24, 2.45) is 7.05 Å². The van der Waals surface area contributed by atoms with Gasteiger partial charge in [-0.15, -0.1) is 0 Å². The maximum Gasteiger partial charge on any atom is 0.0524 e. The Morgan fingerprint density at radius 2 is 2.11 bits per heavy atom. The van der Waals surface area contributed by atoms with Crippen molar-refractivity contribution in [3.05, 3.63) is 53.9 Å². The minimum atomic E-state index is 0.655. The summed E-state index contributed by atoms with van der Waals surface area (Å²) in [7, 11) is 1.99. The van der Waals surface area contributed by atoms with Crippen molar-refractivity contribution in [3.8, 4) is 0 Å². The van der Waals surface area contributed by atoms with E-state index in [9.17, 15) is 0 Å². The highest BCUT2D eigenvalue weighted by Gasteiger charge is 2.24. The first-order valence-corrected chi connectivity index (χ1v) is 6.56. The van der Waals surface area contributed by atoms with Crippen molar-refractivity contribution in [2.75, 3.05) is 13.1 Å². The van der Waals surface area contributed by atoms with E-state index in [1.165, 1.54) is 24.1 Å². The van der Waals surface area contributed by atoms with Crippen LogP contribution in [-0.2, 0) is 13.6 Å². The Bertz CT molecular complexity index is 503. The van der Waals surface area contributed by atoms with E-state index in [1.54, 1.807) is 0 Å². The lowest BCUT2D eigenvalue weighted by Crippen LogP contribution is -2.19. The summed E-state index contributed by atoms with van der Waals surface area (Å²) >= 11 is 0. The van der Waals surface area contributed by atoms with Gasteiger partial charge in [0, 0.05) is 32.3 Å². The van der Waals surface area contributed by atoms with Crippen molar-refractivity contribution in [2.45, 2.75) is 18.9 Å². The van der Waals surface area contributed by atoms with Gasteiger partial charge in [0.25, 0.3) is 0 Å². The van der Waals surface area contributed by atoms with E-state index >= 15 is 0 Å². The molecule has 0 bridgehead atoms. The number of aromatic nitrogens is 2. The number of benzene rings is 1. The summed E-state index contributed by atoms with van der Waals surface area (Å²) in [5.41, 5.74) is 2.79. The second-order valence-corrected chi connectivity index (χ2v) is 5.15. The number of rotatable bonds is 3. The van der Waals surface area contributed by atoms with Gasteiger partial charge in [0.2, 0.25) is 0 Å². The Hall–Kier alpha value is -1.61. The molecule has 3 rings (SSSR count). The van der Waals surface area contributed by atoms with E-state index in [2.05, 4.69) is 46.5 Å². The molecule has 1 unspecified atom stereocenters. The van der Waals surface area contributed by atoms with Gasteiger partial charge in [0.1, 0.15) is 0 Å². The second kappa shape index (κ2) is 4.94. The van der Waals surface area contributed by atoms with E-state index in [1.807, 2.05) is 17.9 Å². The molecule has 3 heteroatoms. The highest BCUT2D eigenvalue weighted by Crippen LogP contribution is 2.27. The number of aryl methyl sites for hydroxylation is 1. The summed E-state index contributed by atoms with van der Waals surface area (Å²) in [5, 5.41) is 4.27. The Balaban J connectivity index is 1.62. The smallest absolute Gasteiger partial charge is 0.0524 e. The van der Waals surface area contributed by atoms with Crippen LogP contribution >= 0.6 is 0 Å². The quantitative estimate of drug-likeness (QED) is 0.823. The van der Waals surface area contributed by atoms with Crippen LogP contribution in [0.5, 0.6) is 0 Å². The molecule has 1 aromatic heterocycles. The first-order chi connectivity index (χ1) is 8.81. The van der Waals surface area contributed by atoms with Gasteiger partial charge in [-0.1, -0.05) is 30.3 Å². The molecule has 2 heterocycles. The standard InChI is InChI=1S/C15H19N3/c1-17-11-15(9-16-17)14-7-8-18(12-14)10-13-5-3-2-4-6-13/h2-6,9,11,14H,7-8,10,12H2,1H3. The van der Waals surface area contributed by atoms with E-state index in [0.29, 0.717) is 5.92 Å². The minimum Gasteiger partial charge on any atom is -0.298 e. The molecule has 1 atom stereocenters. The zero-order chi connectivity index (χ0) is 12.4. The molecule has 1 saturated heterocycles. The van der Waals surface area contributed by atoms with Gasteiger partial charge in [0.15, 0.2) is 0 Å². The number of hydrogen-bond donors (Lipinski definition) is 0. The van der Waals surface area contributed by atoms with Crippen molar-refractivity contribution in [1.29, 1.82) is 0 Å². The zero-order valence-electron chi connectivity index (χ0n) is 10.8. The third kappa shape index (κ3) is 2.46. The molecule has 1 aromatic carbocycles. The van der Waals surface area contributed by atoms with Crippen molar-refractivity contribution in [3.63, 3.8) is 0 Å². The number of nitrogens with zero attached hydrogens (tertiary/aromatic N) is 3. The zero-order valence-corrected chi connectivity index (χ0v) is 10.8. The van der Waals surface area contributed by atoms with Crippen LogP contribution < -0.4 is 0 Å². The fourth-order valence-corrected chi connectivity index (χ4v) is 2.74. The topological polar surface area (TPSA) is 21.1 Å². The Kier molecular flexibility index (Phi) is 3.15. The van der Waals surface area contributed by atoms with Gasteiger partial charge in [-0.25, -0.2) is 0 Å². The summed E-state index contributed by atoms with van der Waals surface area (Å²) in [4.78, 5) is 2.53. The summed E-state index contributed by atoms with van der Waals surface area (Å²) < 4.78 is 1.90. The average molecular weight is 241 g/mol. The molecule has 0 spiro atoms. The molecular formula is C15H19N3. The molecular weight excluding hydrogens is 222 g/mol. The highest BCUT2D eigenvalue weighted by atomic mass is 15.2. The van der Waals surface area contributed by atoms with Crippen LogP contribution in [0.1, 0.15) is 23.5 Å². The highest BCUT2D eigenvalue weighted by molar-refractivity contribution is 5.17. The fourth-order valence-electron chi connectivity index (χ4n) is 2.74. The van der Waals surface area contributed by atoms with Crippen LogP contribution in [0.25, 0.3) is 0 Å². The van der Waals surface area contributed by atoms with E-state index in [4.69, 9.17) is 0 Å². The predicted molar refractivity (Wildman–Crippen MR) is 72.3 cm³/mol. The van der Waals surface area contributed by atoms with Crippen LogP contribution in [0, 0.1) is 0 Å². The molecule has 2 aromatic rings. The molecule has 18 heavy (non-hydrogen) atoms. The first kappa shape index (κ1) is 11.5. The maximum absolute atomic E-state index is 4.27. The summed E-state index contributed by atoms with van der Waals surface area (Å²) in [5.74, 6) is 0.655. The van der Waals surface area contributed by atoms with E-state index < -0.39 is 0 Å². The molecule has 1 fully saturated rings. The second-order valence-electron chi connectivity index (χ2n) is 5.15. The number of likely N-dealkylation sites (tertiary alicyclic amines) is 1. The van der Waals surface area contributed by atoms with Crippen LogP contribution in [0.2, 0.25) is 0 Å². The SMILES string of the molecule is Cn1cc(C2CCN(Cc3ccccc3)C2)cn1. The molecule has 0 radical (unpaired) electrons. The third-order valence-electron chi connectivity index (χ3n) is 3.72. The Morgan fingerprint density at radius 3 is 2.83 bits per heavy atom. The summed E-state index contributed by atoms with van der Waals surface area (Å²) in [6.45, 7) is 3.41. The largest absolute Gasteiger partial charge is 0.298 e. The monoisotopic (exact) mass is 241 g/mol. The average Bonchev–Trinajstić information content (AvgIpc) is 2.99. The van der Waals surface area contributed by atoms with Crippen LogP contribution in [-0.4, -0.2) is 27.8 Å². The van der Waals surface area contributed by atoms with Gasteiger partial charge in [-0.05, 0) is 24.1 Å². The summed E-state index contributed by atoms with van der Waals surface area (Å²) in [6, 6.07) is 10.7. The maximum atomic E-state index is 4.27. The molecule has 3 nitrogen and oxygen atoms in total. The predicted octanol–water partition coefficient (Wildman–Crippen LogP) is 2.41. The van der Waals surface area contributed by atoms with Crippen LogP contribution in [0.3, 0.4) is 0 Å². The minimum absolute atomic E-state index is 0.655. The fraction of sp³-hybridized carbons (Fsp3) is 0.400. The van der Waals surface area contributed by atoms with Gasteiger partial charge in [-0.3, -0.25) is 9.58 Å². The van der Waals surface area contributed by atoms with E-state index in [0.717, 1.165) is 13.1 Å². The van der Waals surface area contributed by atoms with Crippen LogP contribution in [0.15, 0.2) is 42.7 Å². The normalized spacial score (nSPS) is 20.4. The van der Waals surface area contributed by atoms with Gasteiger partial charge >= 0.3 is 0 Å².